The summed E-state index contributed by atoms with van der Waals surface area (Å²) >= 11 is 1.44. The number of nitrogens with one attached hydrogen (secondary N) is 1. The Kier molecular flexibility index (Phi) is 6.54. The fourth-order valence-corrected chi connectivity index (χ4v) is 4.12. The van der Waals surface area contributed by atoms with Crippen molar-refractivity contribution in [3.63, 3.8) is 0 Å². The molecule has 1 atom stereocenters. The van der Waals surface area contributed by atoms with Gasteiger partial charge in [-0.15, -0.1) is 0 Å². The average Bonchev–Trinajstić information content (AvgIpc) is 3.10. The van der Waals surface area contributed by atoms with E-state index in [1.54, 1.807) is 19.2 Å². The van der Waals surface area contributed by atoms with Crippen molar-refractivity contribution in [2.75, 3.05) is 24.7 Å². The number of aromatic nitrogens is 2. The second-order valence-electron chi connectivity index (χ2n) is 7.44. The Labute approximate surface area is 170 Å². The third-order valence-corrected chi connectivity index (χ3v) is 5.58. The fraction of sp³-hybridized carbons (Fsp3) is 0.476. The molecule has 28 heavy (non-hydrogen) atoms. The third kappa shape index (κ3) is 4.29. The Morgan fingerprint density at radius 2 is 2.07 bits per heavy atom. The highest BCUT2D eigenvalue weighted by molar-refractivity contribution is 7.98. The molecule has 1 aliphatic heterocycles. The third-order valence-electron chi connectivity index (χ3n) is 5.04. The zero-order valence-corrected chi connectivity index (χ0v) is 17.6. The molecule has 2 aromatic rings. The van der Waals surface area contributed by atoms with Crippen molar-refractivity contribution in [2.45, 2.75) is 44.3 Å². The van der Waals surface area contributed by atoms with Crippen LogP contribution in [-0.2, 0) is 11.2 Å². The van der Waals surface area contributed by atoms with Gasteiger partial charge in [0, 0.05) is 37.2 Å². The number of anilines is 1. The average molecular weight is 403 g/mol. The van der Waals surface area contributed by atoms with Crippen LogP contribution in [0.5, 0.6) is 0 Å². The number of carbonyl (C=O) groups excluding carboxylic acids is 1. The van der Waals surface area contributed by atoms with Crippen LogP contribution in [0, 0.1) is 11.7 Å². The molecule has 1 aliphatic rings. The molecule has 5 nitrogen and oxygen atoms in total. The first-order valence-corrected chi connectivity index (χ1v) is 10.8. The van der Waals surface area contributed by atoms with E-state index >= 15 is 0 Å². The van der Waals surface area contributed by atoms with E-state index in [-0.39, 0.29) is 17.8 Å². The second-order valence-corrected chi connectivity index (χ2v) is 8.22. The van der Waals surface area contributed by atoms with Crippen molar-refractivity contribution >= 4 is 23.5 Å². The normalized spacial score (nSPS) is 14.3. The van der Waals surface area contributed by atoms with Crippen LogP contribution in [0.25, 0.3) is 11.3 Å². The predicted molar refractivity (Wildman–Crippen MR) is 112 cm³/mol. The zero-order chi connectivity index (χ0) is 20.3. The second kappa shape index (κ2) is 8.90. The molecular weight excluding hydrogens is 375 g/mol. The summed E-state index contributed by atoms with van der Waals surface area (Å²) in [5.74, 6) is 1.03. The van der Waals surface area contributed by atoms with Gasteiger partial charge in [0.15, 0.2) is 5.16 Å². The van der Waals surface area contributed by atoms with Gasteiger partial charge < -0.3 is 10.2 Å². The highest BCUT2D eigenvalue weighted by Gasteiger charge is 2.32. The Morgan fingerprint density at radius 1 is 1.32 bits per heavy atom. The number of hydrogen-bond acceptors (Lipinski definition) is 5. The van der Waals surface area contributed by atoms with E-state index in [9.17, 15) is 9.18 Å². The van der Waals surface area contributed by atoms with E-state index < -0.39 is 0 Å². The smallest absolute Gasteiger partial charge is 0.221 e. The summed E-state index contributed by atoms with van der Waals surface area (Å²) in [4.78, 5) is 23.7. The molecule has 2 heterocycles. The van der Waals surface area contributed by atoms with Gasteiger partial charge in [0.1, 0.15) is 11.6 Å². The lowest BCUT2D eigenvalue weighted by Crippen LogP contribution is -2.39. The fourth-order valence-electron chi connectivity index (χ4n) is 3.76. The molecule has 3 rings (SSSR count). The highest BCUT2D eigenvalue weighted by Crippen LogP contribution is 2.38. The van der Waals surface area contributed by atoms with Crippen LogP contribution < -0.4 is 10.2 Å². The van der Waals surface area contributed by atoms with E-state index in [0.717, 1.165) is 30.8 Å². The maximum Gasteiger partial charge on any atom is 0.221 e. The molecule has 0 saturated carbocycles. The van der Waals surface area contributed by atoms with Gasteiger partial charge in [0.2, 0.25) is 5.91 Å². The van der Waals surface area contributed by atoms with Crippen LogP contribution >= 0.6 is 11.8 Å². The van der Waals surface area contributed by atoms with Crippen LogP contribution in [-0.4, -0.2) is 41.8 Å². The molecule has 0 saturated heterocycles. The molecule has 1 N–H and O–H groups in total. The van der Waals surface area contributed by atoms with Crippen molar-refractivity contribution in [3.05, 3.63) is 35.6 Å². The van der Waals surface area contributed by atoms with Gasteiger partial charge in [-0.2, -0.15) is 0 Å². The predicted octanol–water partition coefficient (Wildman–Crippen LogP) is 3.92. The van der Waals surface area contributed by atoms with E-state index in [2.05, 4.69) is 29.0 Å². The number of nitrogens with zero attached hydrogens (tertiary/aromatic N) is 3. The van der Waals surface area contributed by atoms with E-state index in [4.69, 9.17) is 4.98 Å². The van der Waals surface area contributed by atoms with Crippen molar-refractivity contribution in [3.8, 4) is 11.3 Å². The van der Waals surface area contributed by atoms with Crippen molar-refractivity contribution < 1.29 is 9.18 Å². The van der Waals surface area contributed by atoms with Crippen molar-refractivity contribution in [1.29, 1.82) is 0 Å². The van der Waals surface area contributed by atoms with Crippen molar-refractivity contribution in [1.82, 2.24) is 15.3 Å². The maximum absolute atomic E-state index is 14.5. The van der Waals surface area contributed by atoms with Gasteiger partial charge >= 0.3 is 0 Å². The van der Waals surface area contributed by atoms with Gasteiger partial charge in [0.05, 0.1) is 5.69 Å². The van der Waals surface area contributed by atoms with E-state index in [1.165, 1.54) is 17.8 Å². The number of halogens is 1. The topological polar surface area (TPSA) is 58.1 Å². The molecule has 7 heteroatoms. The lowest BCUT2D eigenvalue weighted by atomic mass is 9.99. The number of fused-ring (bicyclic) bond motifs is 1. The first-order chi connectivity index (χ1) is 13.4. The Morgan fingerprint density at radius 3 is 2.71 bits per heavy atom. The van der Waals surface area contributed by atoms with Gasteiger partial charge in [-0.3, -0.25) is 4.79 Å². The Hall–Kier alpha value is -2.15. The van der Waals surface area contributed by atoms with E-state index in [1.807, 2.05) is 12.3 Å². The Bertz CT molecular complexity index is 858. The van der Waals surface area contributed by atoms with E-state index in [0.29, 0.717) is 28.8 Å². The van der Waals surface area contributed by atoms with Gasteiger partial charge in [-0.1, -0.05) is 37.7 Å². The first kappa shape index (κ1) is 20.6. The Balaban J connectivity index is 2.06. The zero-order valence-electron chi connectivity index (χ0n) is 16.8. The number of thioether (sulfide) groups is 1. The molecule has 0 aliphatic carbocycles. The van der Waals surface area contributed by atoms with Crippen molar-refractivity contribution in [2.24, 2.45) is 5.92 Å². The molecule has 0 fully saturated rings. The van der Waals surface area contributed by atoms with Crippen LogP contribution in [0.4, 0.5) is 10.2 Å². The minimum absolute atomic E-state index is 0.0209. The number of benzene rings is 1. The summed E-state index contributed by atoms with van der Waals surface area (Å²) in [7, 11) is 1.66. The molecule has 1 unspecified atom stereocenters. The maximum atomic E-state index is 14.5. The summed E-state index contributed by atoms with van der Waals surface area (Å²) < 4.78 is 14.5. The standard InChI is InChI=1S/C21H27FN4OS/c1-13(2)11-14(12-18(27)23-3)26-10-9-16-19(15-7-5-6-8-17(15)22)24-21(28-4)25-20(16)26/h5-8,13-14H,9-12H2,1-4H3,(H,23,27). The lowest BCUT2D eigenvalue weighted by Gasteiger charge is -2.30. The molecule has 150 valence electrons. The van der Waals surface area contributed by atoms with Crippen LogP contribution in [0.3, 0.4) is 0 Å². The number of carbonyl (C=O) groups is 1. The number of hydrogen-bond donors (Lipinski definition) is 1. The molecule has 1 aromatic heterocycles. The van der Waals surface area contributed by atoms with Crippen LogP contribution in [0.2, 0.25) is 0 Å². The molecule has 1 aromatic carbocycles. The number of amides is 1. The highest BCUT2D eigenvalue weighted by atomic mass is 32.2. The molecular formula is C21H27FN4OS. The monoisotopic (exact) mass is 402 g/mol. The quantitative estimate of drug-likeness (QED) is 0.562. The van der Waals surface area contributed by atoms with Gasteiger partial charge in [0.25, 0.3) is 0 Å². The summed E-state index contributed by atoms with van der Waals surface area (Å²) in [5.41, 5.74) is 2.14. The molecule has 0 spiro atoms. The molecule has 0 bridgehead atoms. The minimum atomic E-state index is -0.280. The van der Waals surface area contributed by atoms with Crippen LogP contribution in [0.1, 0.15) is 32.3 Å². The molecule has 1 amide bonds. The van der Waals surface area contributed by atoms with Crippen LogP contribution in [0.15, 0.2) is 29.4 Å². The van der Waals surface area contributed by atoms with Gasteiger partial charge in [-0.05, 0) is 37.1 Å². The number of rotatable bonds is 7. The largest absolute Gasteiger partial charge is 0.359 e. The lowest BCUT2D eigenvalue weighted by molar-refractivity contribution is -0.121. The summed E-state index contributed by atoms with van der Waals surface area (Å²) in [6, 6.07) is 6.79. The molecule has 0 radical (unpaired) electrons. The summed E-state index contributed by atoms with van der Waals surface area (Å²) in [6.07, 6.45) is 3.97. The van der Waals surface area contributed by atoms with Gasteiger partial charge in [-0.25, -0.2) is 14.4 Å². The minimum Gasteiger partial charge on any atom is -0.359 e. The summed E-state index contributed by atoms with van der Waals surface area (Å²) in [6.45, 7) is 5.08. The first-order valence-electron chi connectivity index (χ1n) is 9.61. The summed E-state index contributed by atoms with van der Waals surface area (Å²) in [5, 5.41) is 3.35. The SMILES string of the molecule is CNC(=O)CC(CC(C)C)N1CCc2c(-c3ccccc3F)nc(SC)nc21.